The zero-order valence-corrected chi connectivity index (χ0v) is 15.4. The van der Waals surface area contributed by atoms with E-state index >= 15 is 0 Å². The van der Waals surface area contributed by atoms with Crippen LogP contribution in [0.5, 0.6) is 0 Å². The van der Waals surface area contributed by atoms with Gasteiger partial charge in [-0.3, -0.25) is 4.79 Å². The van der Waals surface area contributed by atoms with Gasteiger partial charge >= 0.3 is 11.8 Å². The van der Waals surface area contributed by atoms with Crippen LogP contribution in [0, 0.1) is 0 Å². The Kier molecular flexibility index (Phi) is 5.60. The number of carbonyl (C=O) groups is 1. The first-order chi connectivity index (χ1) is 12.1. The molecule has 0 saturated carbocycles. The van der Waals surface area contributed by atoms with Crippen LogP contribution < -0.4 is 5.32 Å². The van der Waals surface area contributed by atoms with Crippen molar-refractivity contribution >= 4 is 21.8 Å². The molecule has 0 spiro atoms. The fourth-order valence-electron chi connectivity index (χ4n) is 2.44. The second kappa shape index (κ2) is 8.07. The first-order valence-corrected chi connectivity index (χ1v) is 8.85. The zero-order valence-electron chi connectivity index (χ0n) is 13.8. The molecule has 0 saturated heterocycles. The van der Waals surface area contributed by atoms with Crippen molar-refractivity contribution in [2.45, 2.75) is 25.8 Å². The minimum absolute atomic E-state index is 0.00826. The normalized spacial score (nSPS) is 11.9. The van der Waals surface area contributed by atoms with Crippen molar-refractivity contribution in [3.8, 4) is 11.5 Å². The number of nitrogens with one attached hydrogen (secondary N) is 1. The molecular weight excluding hydrogens is 382 g/mol. The summed E-state index contributed by atoms with van der Waals surface area (Å²) < 4.78 is 6.40. The van der Waals surface area contributed by atoms with Crippen molar-refractivity contribution in [3.63, 3.8) is 0 Å². The number of halogens is 1. The molecule has 0 radical (unpaired) electrons. The number of nitrogens with zero attached hydrogens (tertiary/aromatic N) is 2. The number of benzene rings is 2. The Morgan fingerprint density at radius 3 is 2.72 bits per heavy atom. The number of carbonyl (C=O) groups excluding carboxylic acids is 1. The van der Waals surface area contributed by atoms with E-state index in [0.29, 0.717) is 5.89 Å². The second-order valence-electron chi connectivity index (χ2n) is 5.82. The van der Waals surface area contributed by atoms with Crippen LogP contribution in [0.2, 0.25) is 0 Å². The second-order valence-corrected chi connectivity index (χ2v) is 6.74. The summed E-state index contributed by atoms with van der Waals surface area (Å²) in [6, 6.07) is 17.7. The number of rotatable bonds is 6. The van der Waals surface area contributed by atoms with Crippen LogP contribution in [0.4, 0.5) is 0 Å². The summed E-state index contributed by atoms with van der Waals surface area (Å²) in [7, 11) is 0. The Hall–Kier alpha value is -2.47. The lowest BCUT2D eigenvalue weighted by Crippen LogP contribution is -2.33. The molecule has 1 amide bonds. The predicted molar refractivity (Wildman–Crippen MR) is 99.1 cm³/mol. The molecule has 1 unspecified atom stereocenters. The van der Waals surface area contributed by atoms with Gasteiger partial charge in [0.2, 0.25) is 5.89 Å². The van der Waals surface area contributed by atoms with Gasteiger partial charge in [-0.1, -0.05) is 52.3 Å². The quantitative estimate of drug-likeness (QED) is 0.672. The number of hydrogen-bond acceptors (Lipinski definition) is 4. The molecule has 1 heterocycles. The molecule has 3 aromatic rings. The molecule has 0 bridgehead atoms. The van der Waals surface area contributed by atoms with Crippen LogP contribution in [0.15, 0.2) is 63.5 Å². The van der Waals surface area contributed by atoms with E-state index in [9.17, 15) is 4.79 Å². The third-order valence-electron chi connectivity index (χ3n) is 3.78. The van der Waals surface area contributed by atoms with Crippen molar-refractivity contribution in [2.24, 2.45) is 0 Å². The van der Waals surface area contributed by atoms with Gasteiger partial charge in [0.25, 0.3) is 0 Å². The van der Waals surface area contributed by atoms with Crippen molar-refractivity contribution in [3.05, 3.63) is 70.5 Å². The average molecular weight is 400 g/mol. The van der Waals surface area contributed by atoms with Crippen molar-refractivity contribution < 1.29 is 9.21 Å². The molecule has 2 aromatic carbocycles. The smallest absolute Gasteiger partial charge is 0.309 e. The molecule has 128 valence electrons. The lowest BCUT2D eigenvalue weighted by Gasteiger charge is -2.12. The average Bonchev–Trinajstić information content (AvgIpc) is 3.11. The summed E-state index contributed by atoms with van der Waals surface area (Å²) in [6.07, 6.45) is 1.73. The molecule has 25 heavy (non-hydrogen) atoms. The fraction of sp³-hybridized carbons (Fsp3) is 0.211. The Morgan fingerprint density at radius 1 is 1.16 bits per heavy atom. The van der Waals surface area contributed by atoms with E-state index in [1.807, 2.05) is 49.4 Å². The first-order valence-electron chi connectivity index (χ1n) is 8.06. The molecule has 0 aliphatic rings. The van der Waals surface area contributed by atoms with E-state index in [1.54, 1.807) is 0 Å². The van der Waals surface area contributed by atoms with Gasteiger partial charge in [0.1, 0.15) is 0 Å². The summed E-state index contributed by atoms with van der Waals surface area (Å²) in [4.78, 5) is 12.3. The van der Waals surface area contributed by atoms with Gasteiger partial charge in [0.15, 0.2) is 0 Å². The van der Waals surface area contributed by atoms with Crippen LogP contribution in [-0.2, 0) is 6.42 Å². The zero-order chi connectivity index (χ0) is 17.6. The minimum atomic E-state index is -0.352. The molecular formula is C19H18BrN3O2. The Bertz CT molecular complexity index is 849. The summed E-state index contributed by atoms with van der Waals surface area (Å²) in [6.45, 7) is 1.96. The largest absolute Gasteiger partial charge is 0.412 e. The predicted octanol–water partition coefficient (Wildman–Crippen LogP) is 4.25. The Labute approximate surface area is 154 Å². The highest BCUT2D eigenvalue weighted by molar-refractivity contribution is 9.10. The lowest BCUT2D eigenvalue weighted by atomic mass is 10.1. The molecule has 5 nitrogen and oxygen atoms in total. The highest BCUT2D eigenvalue weighted by Gasteiger charge is 2.17. The molecule has 0 aliphatic heterocycles. The van der Waals surface area contributed by atoms with Gasteiger partial charge in [0, 0.05) is 16.1 Å². The number of amides is 1. The van der Waals surface area contributed by atoms with E-state index in [-0.39, 0.29) is 17.8 Å². The highest BCUT2D eigenvalue weighted by Crippen LogP contribution is 2.21. The van der Waals surface area contributed by atoms with E-state index < -0.39 is 0 Å². The summed E-state index contributed by atoms with van der Waals surface area (Å²) in [5, 5.41) is 10.7. The number of aromatic nitrogens is 2. The molecule has 6 heteroatoms. The van der Waals surface area contributed by atoms with E-state index in [2.05, 4.69) is 43.6 Å². The molecule has 0 aliphatic carbocycles. The Balaban J connectivity index is 1.58. The van der Waals surface area contributed by atoms with Gasteiger partial charge in [0.05, 0.1) is 0 Å². The first kappa shape index (κ1) is 17.4. The van der Waals surface area contributed by atoms with Crippen molar-refractivity contribution in [1.82, 2.24) is 15.5 Å². The topological polar surface area (TPSA) is 68.0 Å². The summed E-state index contributed by atoms with van der Waals surface area (Å²) in [5.74, 6) is -0.0563. The Morgan fingerprint density at radius 2 is 1.96 bits per heavy atom. The van der Waals surface area contributed by atoms with E-state index in [4.69, 9.17) is 4.42 Å². The van der Waals surface area contributed by atoms with Crippen LogP contribution >= 0.6 is 15.9 Å². The summed E-state index contributed by atoms with van der Waals surface area (Å²) >= 11 is 3.40. The molecule has 0 fully saturated rings. The standard InChI is InChI=1S/C19H18BrN3O2/c1-13(10-11-14-6-3-2-4-7-14)21-17(24)19-23-22-18(25-19)15-8-5-9-16(20)12-15/h2-9,12-13H,10-11H2,1H3,(H,21,24). The van der Waals surface area contributed by atoms with Crippen molar-refractivity contribution in [1.29, 1.82) is 0 Å². The van der Waals surface area contributed by atoms with Gasteiger partial charge in [-0.05, 0) is 43.5 Å². The number of aryl methyl sites for hydroxylation is 1. The molecule has 1 atom stereocenters. The third kappa shape index (κ3) is 4.76. The van der Waals surface area contributed by atoms with E-state index in [0.717, 1.165) is 22.9 Å². The van der Waals surface area contributed by atoms with Crippen LogP contribution in [0.1, 0.15) is 29.6 Å². The molecule has 1 N–H and O–H groups in total. The van der Waals surface area contributed by atoms with E-state index in [1.165, 1.54) is 5.56 Å². The van der Waals surface area contributed by atoms with Gasteiger partial charge in [-0.2, -0.15) is 0 Å². The van der Waals surface area contributed by atoms with Gasteiger partial charge < -0.3 is 9.73 Å². The monoisotopic (exact) mass is 399 g/mol. The minimum Gasteiger partial charge on any atom is -0.412 e. The maximum absolute atomic E-state index is 12.3. The maximum Gasteiger partial charge on any atom is 0.309 e. The van der Waals surface area contributed by atoms with Crippen molar-refractivity contribution in [2.75, 3.05) is 0 Å². The maximum atomic E-state index is 12.3. The molecule has 3 rings (SSSR count). The summed E-state index contributed by atoms with van der Waals surface area (Å²) in [5.41, 5.74) is 2.01. The van der Waals surface area contributed by atoms with Gasteiger partial charge in [-0.15, -0.1) is 10.2 Å². The van der Waals surface area contributed by atoms with Crippen LogP contribution in [-0.4, -0.2) is 22.1 Å². The van der Waals surface area contributed by atoms with Crippen LogP contribution in [0.25, 0.3) is 11.5 Å². The molecule has 1 aromatic heterocycles. The highest BCUT2D eigenvalue weighted by atomic mass is 79.9. The van der Waals surface area contributed by atoms with Crippen LogP contribution in [0.3, 0.4) is 0 Å². The third-order valence-corrected chi connectivity index (χ3v) is 4.27. The lowest BCUT2D eigenvalue weighted by molar-refractivity contribution is 0.0904. The fourth-order valence-corrected chi connectivity index (χ4v) is 2.84. The number of hydrogen-bond donors (Lipinski definition) is 1. The van der Waals surface area contributed by atoms with Gasteiger partial charge in [-0.25, -0.2) is 0 Å². The SMILES string of the molecule is CC(CCc1ccccc1)NC(=O)c1nnc(-c2cccc(Br)c2)o1.